The molecule has 0 unspecified atom stereocenters. The van der Waals surface area contributed by atoms with E-state index in [1.54, 1.807) is 12.5 Å². The zero-order valence-electron chi connectivity index (χ0n) is 16.8. The first-order valence-corrected chi connectivity index (χ1v) is 10.2. The maximum atomic E-state index is 12.7. The van der Waals surface area contributed by atoms with E-state index in [9.17, 15) is 4.79 Å². The van der Waals surface area contributed by atoms with E-state index >= 15 is 0 Å². The molecule has 3 aromatic heterocycles. The molecule has 1 amide bonds. The van der Waals surface area contributed by atoms with Gasteiger partial charge in [0, 0.05) is 55.0 Å². The highest BCUT2D eigenvalue weighted by Gasteiger charge is 2.22. The lowest BCUT2D eigenvalue weighted by Gasteiger charge is -2.33. The van der Waals surface area contributed by atoms with E-state index in [-0.39, 0.29) is 11.9 Å². The van der Waals surface area contributed by atoms with Crippen molar-refractivity contribution in [2.24, 2.45) is 7.05 Å². The minimum Gasteiger partial charge on any atom is -0.464 e. The molecule has 7 heteroatoms. The van der Waals surface area contributed by atoms with Crippen molar-refractivity contribution >= 4 is 22.7 Å². The van der Waals surface area contributed by atoms with Crippen LogP contribution in [-0.2, 0) is 7.05 Å². The average Bonchev–Trinajstić information content (AvgIpc) is 3.43. The molecule has 5 rings (SSSR count). The van der Waals surface area contributed by atoms with Gasteiger partial charge in [-0.2, -0.15) is 5.10 Å². The molecule has 0 bridgehead atoms. The van der Waals surface area contributed by atoms with E-state index in [1.807, 2.05) is 60.4 Å². The highest BCUT2D eigenvalue weighted by Crippen LogP contribution is 2.27. The molecule has 1 N–H and O–H groups in total. The minimum atomic E-state index is -0.0324. The number of rotatable bonds is 4. The molecule has 0 saturated carbocycles. The van der Waals surface area contributed by atoms with Crippen molar-refractivity contribution in [2.75, 3.05) is 18.0 Å². The predicted molar refractivity (Wildman–Crippen MR) is 115 cm³/mol. The molecule has 7 nitrogen and oxygen atoms in total. The van der Waals surface area contributed by atoms with E-state index in [2.05, 4.69) is 20.3 Å². The number of pyridine rings is 1. The monoisotopic (exact) mass is 401 g/mol. The van der Waals surface area contributed by atoms with Gasteiger partial charge in [0.15, 0.2) is 0 Å². The number of hydrogen-bond donors (Lipinski definition) is 1. The lowest BCUT2D eigenvalue weighted by Crippen LogP contribution is -2.45. The number of hydrogen-bond acceptors (Lipinski definition) is 5. The number of fused-ring (bicyclic) bond motifs is 1. The molecule has 4 heterocycles. The molecule has 1 aliphatic rings. The zero-order chi connectivity index (χ0) is 20.5. The molecular formula is C23H23N5O2. The van der Waals surface area contributed by atoms with Crippen molar-refractivity contribution in [3.63, 3.8) is 0 Å². The Hall–Kier alpha value is -3.61. The summed E-state index contributed by atoms with van der Waals surface area (Å²) < 4.78 is 7.34. The molecule has 1 fully saturated rings. The van der Waals surface area contributed by atoms with Gasteiger partial charge < -0.3 is 14.6 Å². The summed E-state index contributed by atoms with van der Waals surface area (Å²) in [5, 5.41) is 8.39. The average molecular weight is 401 g/mol. The Morgan fingerprint density at radius 3 is 2.60 bits per heavy atom. The summed E-state index contributed by atoms with van der Waals surface area (Å²) in [5.74, 6) is 1.09. The lowest BCUT2D eigenvalue weighted by atomic mass is 10.0. The van der Waals surface area contributed by atoms with Crippen LogP contribution in [0.2, 0.25) is 0 Å². The first-order valence-electron chi connectivity index (χ1n) is 10.2. The van der Waals surface area contributed by atoms with Crippen molar-refractivity contribution in [3.05, 3.63) is 66.7 Å². The molecule has 1 aliphatic heterocycles. The van der Waals surface area contributed by atoms with Gasteiger partial charge >= 0.3 is 0 Å². The predicted octanol–water partition coefficient (Wildman–Crippen LogP) is 3.63. The fourth-order valence-electron chi connectivity index (χ4n) is 4.10. The Kier molecular flexibility index (Phi) is 4.71. The van der Waals surface area contributed by atoms with Gasteiger partial charge in [-0.1, -0.05) is 12.1 Å². The third-order valence-electron chi connectivity index (χ3n) is 5.75. The largest absolute Gasteiger partial charge is 0.464 e. The molecule has 1 aromatic carbocycles. The normalized spacial score (nSPS) is 14.9. The van der Waals surface area contributed by atoms with Crippen LogP contribution >= 0.6 is 0 Å². The second-order valence-corrected chi connectivity index (χ2v) is 7.62. The second-order valence-electron chi connectivity index (χ2n) is 7.62. The summed E-state index contributed by atoms with van der Waals surface area (Å²) in [5.41, 5.74) is 3.28. The van der Waals surface area contributed by atoms with Gasteiger partial charge in [0.25, 0.3) is 5.91 Å². The third-order valence-corrected chi connectivity index (χ3v) is 5.75. The first kappa shape index (κ1) is 18.4. The Balaban J connectivity index is 1.23. The van der Waals surface area contributed by atoms with E-state index in [0.29, 0.717) is 5.56 Å². The van der Waals surface area contributed by atoms with Crippen LogP contribution in [0.25, 0.3) is 22.2 Å². The molecule has 0 spiro atoms. The number of aryl methyl sites for hydroxylation is 1. The van der Waals surface area contributed by atoms with Crippen molar-refractivity contribution in [1.29, 1.82) is 0 Å². The molecule has 0 atom stereocenters. The van der Waals surface area contributed by atoms with Gasteiger partial charge in [0.2, 0.25) is 0 Å². The molecule has 152 valence electrons. The van der Waals surface area contributed by atoms with Crippen LogP contribution in [0.4, 0.5) is 5.82 Å². The molecular weight excluding hydrogens is 378 g/mol. The Labute approximate surface area is 174 Å². The number of carbonyl (C=O) groups excluding carboxylic acids is 1. The fraction of sp³-hybridized carbons (Fsp3) is 0.261. The summed E-state index contributed by atoms with van der Waals surface area (Å²) in [6.07, 6.45) is 7.05. The van der Waals surface area contributed by atoms with E-state index in [4.69, 9.17) is 4.42 Å². The fourth-order valence-corrected chi connectivity index (χ4v) is 4.10. The highest BCUT2D eigenvalue weighted by molar-refractivity contribution is 5.96. The third kappa shape index (κ3) is 3.43. The lowest BCUT2D eigenvalue weighted by molar-refractivity contribution is 0.0931. The van der Waals surface area contributed by atoms with Gasteiger partial charge in [0.1, 0.15) is 11.4 Å². The van der Waals surface area contributed by atoms with Crippen LogP contribution in [0.5, 0.6) is 0 Å². The van der Waals surface area contributed by atoms with Crippen molar-refractivity contribution in [1.82, 2.24) is 20.1 Å². The summed E-state index contributed by atoms with van der Waals surface area (Å²) in [4.78, 5) is 19.5. The number of nitrogens with one attached hydrogen (secondary N) is 1. The van der Waals surface area contributed by atoms with Crippen LogP contribution < -0.4 is 10.2 Å². The second kappa shape index (κ2) is 7.67. The first-order chi connectivity index (χ1) is 14.7. The molecule has 4 aromatic rings. The van der Waals surface area contributed by atoms with E-state index < -0.39 is 0 Å². The summed E-state index contributed by atoms with van der Waals surface area (Å²) in [7, 11) is 1.95. The van der Waals surface area contributed by atoms with Gasteiger partial charge in [-0.3, -0.25) is 14.5 Å². The maximum absolute atomic E-state index is 12.7. The SMILES string of the molecule is Cn1nccc1N1CCC(NC(=O)c2ccc(-c3nccc4occc34)cc2)CC1. The Bertz CT molecular complexity index is 1170. The Morgan fingerprint density at radius 1 is 1.07 bits per heavy atom. The molecule has 0 radical (unpaired) electrons. The van der Waals surface area contributed by atoms with Crippen molar-refractivity contribution in [2.45, 2.75) is 18.9 Å². The van der Waals surface area contributed by atoms with Crippen LogP contribution in [0.3, 0.4) is 0 Å². The molecule has 30 heavy (non-hydrogen) atoms. The number of furan rings is 1. The summed E-state index contributed by atoms with van der Waals surface area (Å²) in [6.45, 7) is 1.81. The standard InChI is InChI=1S/C23H23N5O2/c1-27-21(7-12-25-27)28-13-8-18(9-14-28)26-23(29)17-4-2-16(3-5-17)22-19-10-15-30-20(19)6-11-24-22/h2-7,10-12,15,18H,8-9,13-14H2,1H3,(H,26,29). The van der Waals surface area contributed by atoms with E-state index in [0.717, 1.165) is 54.0 Å². The van der Waals surface area contributed by atoms with Crippen molar-refractivity contribution < 1.29 is 9.21 Å². The summed E-state index contributed by atoms with van der Waals surface area (Å²) >= 11 is 0. The Morgan fingerprint density at radius 2 is 1.87 bits per heavy atom. The van der Waals surface area contributed by atoms with Crippen LogP contribution in [0.15, 0.2) is 65.5 Å². The topological polar surface area (TPSA) is 76.2 Å². The number of benzene rings is 1. The number of aromatic nitrogens is 3. The van der Waals surface area contributed by atoms with Gasteiger partial charge in [0.05, 0.1) is 18.2 Å². The van der Waals surface area contributed by atoms with Crippen LogP contribution in [-0.4, -0.2) is 39.8 Å². The van der Waals surface area contributed by atoms with Gasteiger partial charge in [-0.25, -0.2) is 0 Å². The summed E-state index contributed by atoms with van der Waals surface area (Å²) in [6, 6.07) is 13.6. The number of carbonyl (C=O) groups is 1. The molecule has 0 aliphatic carbocycles. The maximum Gasteiger partial charge on any atom is 0.251 e. The van der Waals surface area contributed by atoms with Gasteiger partial charge in [-0.05, 0) is 37.1 Å². The smallest absolute Gasteiger partial charge is 0.251 e. The van der Waals surface area contributed by atoms with Crippen molar-refractivity contribution in [3.8, 4) is 11.3 Å². The van der Waals surface area contributed by atoms with Gasteiger partial charge in [-0.15, -0.1) is 0 Å². The quantitative estimate of drug-likeness (QED) is 0.565. The molecule has 1 saturated heterocycles. The van der Waals surface area contributed by atoms with Crippen LogP contribution in [0, 0.1) is 0 Å². The highest BCUT2D eigenvalue weighted by atomic mass is 16.3. The number of amides is 1. The van der Waals surface area contributed by atoms with Crippen LogP contribution in [0.1, 0.15) is 23.2 Å². The minimum absolute atomic E-state index is 0.0324. The number of anilines is 1. The zero-order valence-corrected chi connectivity index (χ0v) is 16.8. The number of nitrogens with zero attached hydrogens (tertiary/aromatic N) is 4. The number of piperidine rings is 1. The van der Waals surface area contributed by atoms with E-state index in [1.165, 1.54) is 0 Å².